The van der Waals surface area contributed by atoms with E-state index in [2.05, 4.69) is 0 Å². The van der Waals surface area contributed by atoms with E-state index in [0.717, 1.165) is 11.1 Å². The Morgan fingerprint density at radius 3 is 2.50 bits per heavy atom. The maximum absolute atomic E-state index is 12.2. The average molecular weight is 240 g/mol. The first-order chi connectivity index (χ1) is 8.66. The number of hydrogen-bond donors (Lipinski definition) is 1. The number of ketones is 1. The van der Waals surface area contributed by atoms with Crippen LogP contribution in [0.15, 0.2) is 54.6 Å². The molecule has 0 aromatic heterocycles. The molecule has 1 atom stereocenters. The van der Waals surface area contributed by atoms with Gasteiger partial charge in [0.2, 0.25) is 0 Å². The molecule has 0 spiro atoms. The molecule has 2 rings (SSSR count). The van der Waals surface area contributed by atoms with Crippen LogP contribution in [0.5, 0.6) is 5.75 Å². The third-order valence-corrected chi connectivity index (χ3v) is 2.96. The van der Waals surface area contributed by atoms with Gasteiger partial charge in [0.15, 0.2) is 5.78 Å². The van der Waals surface area contributed by atoms with Crippen molar-refractivity contribution in [2.75, 3.05) is 0 Å². The van der Waals surface area contributed by atoms with Crippen molar-refractivity contribution in [3.8, 4) is 5.75 Å². The molecule has 0 aliphatic rings. The molecule has 2 nitrogen and oxygen atoms in total. The predicted octanol–water partition coefficient (Wildman–Crippen LogP) is 3.45. The first kappa shape index (κ1) is 12.4. The van der Waals surface area contributed by atoms with Crippen LogP contribution in [-0.2, 0) is 6.42 Å². The monoisotopic (exact) mass is 240 g/mol. The van der Waals surface area contributed by atoms with Gasteiger partial charge in [-0.2, -0.15) is 0 Å². The molecule has 0 amide bonds. The Morgan fingerprint density at radius 1 is 1.11 bits per heavy atom. The summed E-state index contributed by atoms with van der Waals surface area (Å²) in [7, 11) is 0. The standard InChI is InChI=1S/C16H16O2/c1-12(10-13-6-5-9-15(17)11-13)16(18)14-7-3-2-4-8-14/h2-9,11-12,17H,10H2,1H3. The third kappa shape index (κ3) is 2.98. The minimum Gasteiger partial charge on any atom is -0.508 e. The van der Waals surface area contributed by atoms with Gasteiger partial charge < -0.3 is 5.11 Å². The fourth-order valence-electron chi connectivity index (χ4n) is 2.02. The van der Waals surface area contributed by atoms with Crippen LogP contribution in [0, 0.1) is 5.92 Å². The maximum Gasteiger partial charge on any atom is 0.165 e. The molecule has 0 saturated heterocycles. The Kier molecular flexibility index (Phi) is 3.78. The summed E-state index contributed by atoms with van der Waals surface area (Å²) in [5, 5.41) is 9.40. The first-order valence-electron chi connectivity index (χ1n) is 6.04. The Hall–Kier alpha value is -2.09. The lowest BCUT2D eigenvalue weighted by atomic mass is 9.93. The Balaban J connectivity index is 2.09. The van der Waals surface area contributed by atoms with Gasteiger partial charge in [-0.1, -0.05) is 49.4 Å². The van der Waals surface area contributed by atoms with Crippen molar-refractivity contribution in [2.24, 2.45) is 5.92 Å². The molecule has 0 radical (unpaired) electrons. The normalized spacial score (nSPS) is 12.1. The zero-order valence-corrected chi connectivity index (χ0v) is 10.3. The van der Waals surface area contributed by atoms with Crippen LogP contribution in [0.1, 0.15) is 22.8 Å². The molecule has 2 aromatic rings. The lowest BCUT2D eigenvalue weighted by molar-refractivity contribution is 0.0929. The number of phenolic OH excluding ortho intramolecular Hbond substituents is 1. The number of hydrogen-bond acceptors (Lipinski definition) is 2. The highest BCUT2D eigenvalue weighted by molar-refractivity contribution is 5.97. The second kappa shape index (κ2) is 5.50. The van der Waals surface area contributed by atoms with E-state index >= 15 is 0 Å². The van der Waals surface area contributed by atoms with Gasteiger partial charge in [0.05, 0.1) is 0 Å². The van der Waals surface area contributed by atoms with Gasteiger partial charge in [-0.3, -0.25) is 4.79 Å². The van der Waals surface area contributed by atoms with Crippen molar-refractivity contribution in [1.29, 1.82) is 0 Å². The Bertz CT molecular complexity index is 532. The molecule has 0 aliphatic heterocycles. The summed E-state index contributed by atoms with van der Waals surface area (Å²) in [5.41, 5.74) is 1.72. The van der Waals surface area contributed by atoms with E-state index in [0.29, 0.717) is 6.42 Å². The minimum absolute atomic E-state index is 0.0887. The molecular formula is C16H16O2. The van der Waals surface area contributed by atoms with Crippen LogP contribution in [0.2, 0.25) is 0 Å². The molecule has 2 heteroatoms. The smallest absolute Gasteiger partial charge is 0.165 e. The van der Waals surface area contributed by atoms with E-state index in [-0.39, 0.29) is 17.5 Å². The number of carbonyl (C=O) groups is 1. The summed E-state index contributed by atoms with van der Waals surface area (Å²) in [6.45, 7) is 1.92. The fraction of sp³-hybridized carbons (Fsp3) is 0.188. The van der Waals surface area contributed by atoms with Gasteiger partial charge in [0.1, 0.15) is 5.75 Å². The molecule has 1 unspecified atom stereocenters. The number of Topliss-reactive ketones (excluding diaryl/α,β-unsaturated/α-hetero) is 1. The quantitative estimate of drug-likeness (QED) is 0.831. The maximum atomic E-state index is 12.2. The fourth-order valence-corrected chi connectivity index (χ4v) is 2.02. The largest absolute Gasteiger partial charge is 0.508 e. The molecule has 0 heterocycles. The number of benzene rings is 2. The van der Waals surface area contributed by atoms with Crippen LogP contribution >= 0.6 is 0 Å². The molecule has 0 fully saturated rings. The second-order valence-corrected chi connectivity index (χ2v) is 4.51. The molecule has 0 bridgehead atoms. The van der Waals surface area contributed by atoms with Crippen molar-refractivity contribution in [3.63, 3.8) is 0 Å². The van der Waals surface area contributed by atoms with Gasteiger partial charge in [-0.25, -0.2) is 0 Å². The highest BCUT2D eigenvalue weighted by Gasteiger charge is 2.15. The zero-order valence-electron chi connectivity index (χ0n) is 10.3. The number of phenols is 1. The average Bonchev–Trinajstić information content (AvgIpc) is 2.39. The van der Waals surface area contributed by atoms with Crippen molar-refractivity contribution >= 4 is 5.78 Å². The van der Waals surface area contributed by atoms with E-state index < -0.39 is 0 Å². The van der Waals surface area contributed by atoms with Crippen molar-refractivity contribution in [2.45, 2.75) is 13.3 Å². The van der Waals surface area contributed by atoms with Gasteiger partial charge >= 0.3 is 0 Å². The van der Waals surface area contributed by atoms with Crippen LogP contribution in [-0.4, -0.2) is 10.9 Å². The van der Waals surface area contributed by atoms with Crippen LogP contribution in [0.25, 0.3) is 0 Å². The number of aromatic hydroxyl groups is 1. The molecule has 0 saturated carbocycles. The molecule has 1 N–H and O–H groups in total. The topological polar surface area (TPSA) is 37.3 Å². The van der Waals surface area contributed by atoms with E-state index in [1.54, 1.807) is 18.2 Å². The first-order valence-corrected chi connectivity index (χ1v) is 6.04. The second-order valence-electron chi connectivity index (χ2n) is 4.51. The van der Waals surface area contributed by atoms with Crippen LogP contribution in [0.3, 0.4) is 0 Å². The van der Waals surface area contributed by atoms with E-state index in [1.807, 2.05) is 43.3 Å². The molecule has 2 aromatic carbocycles. The molecular weight excluding hydrogens is 224 g/mol. The van der Waals surface area contributed by atoms with E-state index in [9.17, 15) is 9.90 Å². The van der Waals surface area contributed by atoms with Crippen molar-refractivity contribution < 1.29 is 9.90 Å². The molecule has 18 heavy (non-hydrogen) atoms. The Morgan fingerprint density at radius 2 is 1.83 bits per heavy atom. The van der Waals surface area contributed by atoms with Crippen molar-refractivity contribution in [1.82, 2.24) is 0 Å². The van der Waals surface area contributed by atoms with Crippen LogP contribution < -0.4 is 0 Å². The number of rotatable bonds is 4. The highest BCUT2D eigenvalue weighted by Crippen LogP contribution is 2.17. The summed E-state index contributed by atoms with van der Waals surface area (Å²) >= 11 is 0. The van der Waals surface area contributed by atoms with Crippen molar-refractivity contribution in [3.05, 3.63) is 65.7 Å². The summed E-state index contributed by atoms with van der Waals surface area (Å²) in [5.74, 6) is 0.292. The van der Waals surface area contributed by atoms with Crippen LogP contribution in [0.4, 0.5) is 0 Å². The third-order valence-electron chi connectivity index (χ3n) is 2.96. The molecule has 92 valence electrons. The molecule has 0 aliphatic carbocycles. The lowest BCUT2D eigenvalue weighted by Gasteiger charge is -2.10. The summed E-state index contributed by atoms with van der Waals surface area (Å²) < 4.78 is 0. The minimum atomic E-state index is -0.0887. The summed E-state index contributed by atoms with van der Waals surface area (Å²) in [4.78, 5) is 12.2. The van der Waals surface area contributed by atoms with Gasteiger partial charge in [-0.05, 0) is 24.1 Å². The van der Waals surface area contributed by atoms with Gasteiger partial charge in [0, 0.05) is 11.5 Å². The summed E-state index contributed by atoms with van der Waals surface area (Å²) in [6, 6.07) is 16.4. The van der Waals surface area contributed by atoms with Gasteiger partial charge in [-0.15, -0.1) is 0 Å². The predicted molar refractivity (Wildman–Crippen MR) is 71.7 cm³/mol. The van der Waals surface area contributed by atoms with E-state index in [1.165, 1.54) is 0 Å². The summed E-state index contributed by atoms with van der Waals surface area (Å²) in [6.07, 6.45) is 0.641. The zero-order chi connectivity index (χ0) is 13.0. The SMILES string of the molecule is CC(Cc1cccc(O)c1)C(=O)c1ccccc1. The van der Waals surface area contributed by atoms with E-state index in [4.69, 9.17) is 0 Å². The number of carbonyl (C=O) groups excluding carboxylic acids is 1. The lowest BCUT2D eigenvalue weighted by Crippen LogP contribution is -2.13. The van der Waals surface area contributed by atoms with Gasteiger partial charge in [0.25, 0.3) is 0 Å². The highest BCUT2D eigenvalue weighted by atomic mass is 16.3. The Labute approximate surface area is 107 Å².